The summed E-state index contributed by atoms with van der Waals surface area (Å²) in [5, 5.41) is 3.05. The lowest BCUT2D eigenvalue weighted by Crippen LogP contribution is -2.35. The molecule has 6 heteroatoms. The molecule has 0 unspecified atom stereocenters. The smallest absolute Gasteiger partial charge is 0.225 e. The van der Waals surface area contributed by atoms with Crippen molar-refractivity contribution >= 4 is 11.8 Å². The Morgan fingerprint density at radius 3 is 2.29 bits per heavy atom. The number of nitrogens with one attached hydrogen (secondary N) is 1. The molecule has 1 aliphatic rings. The molecule has 2 aromatic rings. The topological polar surface area (TPSA) is 52.7 Å². The van der Waals surface area contributed by atoms with E-state index in [0.717, 1.165) is 30.5 Å². The summed E-state index contributed by atoms with van der Waals surface area (Å²) < 4.78 is 13.0. The van der Waals surface area contributed by atoms with Crippen molar-refractivity contribution in [3.05, 3.63) is 71.0 Å². The number of likely N-dealkylation sites (tertiary alicyclic amines) is 1. The van der Waals surface area contributed by atoms with Crippen LogP contribution in [0.4, 0.5) is 4.39 Å². The summed E-state index contributed by atoms with van der Waals surface area (Å²) >= 11 is 0. The van der Waals surface area contributed by atoms with Gasteiger partial charge in [0.15, 0.2) is 0 Å². The Bertz CT molecular complexity index is 881. The first-order chi connectivity index (χ1) is 14.8. The molecule has 31 heavy (non-hydrogen) atoms. The summed E-state index contributed by atoms with van der Waals surface area (Å²) in [6, 6.07) is 14.8. The van der Waals surface area contributed by atoms with Crippen LogP contribution in [-0.2, 0) is 22.6 Å². The minimum Gasteiger partial charge on any atom is -0.356 e. The second-order valence-electron chi connectivity index (χ2n) is 8.64. The Labute approximate surface area is 184 Å². The summed E-state index contributed by atoms with van der Waals surface area (Å²) in [6.07, 6.45) is 1.56. The van der Waals surface area contributed by atoms with Crippen molar-refractivity contribution in [2.24, 2.45) is 5.92 Å². The average molecular weight is 426 g/mol. The van der Waals surface area contributed by atoms with Gasteiger partial charge in [-0.25, -0.2) is 4.39 Å². The van der Waals surface area contributed by atoms with E-state index >= 15 is 0 Å². The van der Waals surface area contributed by atoms with E-state index in [1.807, 2.05) is 14.1 Å². The van der Waals surface area contributed by atoms with Gasteiger partial charge < -0.3 is 15.1 Å². The monoisotopic (exact) mass is 425 g/mol. The van der Waals surface area contributed by atoms with Crippen molar-refractivity contribution in [2.75, 3.05) is 33.7 Å². The SMILES string of the molecule is CC(=O)N1C[C@H](C(=O)NCCCc2ccc(F)cc2)[C@@H](c2ccc(CN(C)C)cc2)C1. The van der Waals surface area contributed by atoms with Crippen molar-refractivity contribution in [2.45, 2.75) is 32.2 Å². The van der Waals surface area contributed by atoms with E-state index in [1.54, 1.807) is 24.0 Å². The minimum absolute atomic E-state index is 0.000776. The third-order valence-corrected chi connectivity index (χ3v) is 5.86. The zero-order valence-electron chi connectivity index (χ0n) is 18.6. The van der Waals surface area contributed by atoms with E-state index in [0.29, 0.717) is 19.6 Å². The summed E-state index contributed by atoms with van der Waals surface area (Å²) in [5.41, 5.74) is 3.37. The van der Waals surface area contributed by atoms with E-state index in [1.165, 1.54) is 17.7 Å². The molecule has 0 aliphatic carbocycles. The molecule has 0 saturated carbocycles. The van der Waals surface area contributed by atoms with E-state index in [-0.39, 0.29) is 29.5 Å². The summed E-state index contributed by atoms with van der Waals surface area (Å²) in [6.45, 7) is 3.99. The number of rotatable bonds is 8. The number of carbonyl (C=O) groups is 2. The highest BCUT2D eigenvalue weighted by Crippen LogP contribution is 2.33. The van der Waals surface area contributed by atoms with Crippen molar-refractivity contribution in [1.29, 1.82) is 0 Å². The van der Waals surface area contributed by atoms with Gasteiger partial charge in [0.2, 0.25) is 11.8 Å². The van der Waals surface area contributed by atoms with Gasteiger partial charge >= 0.3 is 0 Å². The molecule has 0 aromatic heterocycles. The third kappa shape index (κ3) is 6.37. The first kappa shape index (κ1) is 22.9. The van der Waals surface area contributed by atoms with Crippen LogP contribution in [0.2, 0.25) is 0 Å². The number of amides is 2. The molecule has 2 atom stereocenters. The fraction of sp³-hybridized carbons (Fsp3) is 0.440. The zero-order chi connectivity index (χ0) is 22.4. The zero-order valence-corrected chi connectivity index (χ0v) is 18.6. The fourth-order valence-corrected chi connectivity index (χ4v) is 4.19. The predicted octanol–water partition coefficient (Wildman–Crippen LogP) is 3.20. The second-order valence-corrected chi connectivity index (χ2v) is 8.64. The molecule has 0 radical (unpaired) electrons. The van der Waals surface area contributed by atoms with E-state index < -0.39 is 0 Å². The lowest BCUT2D eigenvalue weighted by atomic mass is 9.88. The van der Waals surface area contributed by atoms with Crippen molar-refractivity contribution < 1.29 is 14.0 Å². The number of nitrogens with zero attached hydrogens (tertiary/aromatic N) is 2. The molecule has 1 saturated heterocycles. The van der Waals surface area contributed by atoms with Crippen LogP contribution in [0.3, 0.4) is 0 Å². The standard InChI is InChI=1S/C25H32FN3O2/c1-18(30)29-16-23(21-10-6-20(7-11-21)15-28(2)3)24(17-29)25(31)27-14-4-5-19-8-12-22(26)13-9-19/h6-13,23-24H,4-5,14-17H2,1-3H3,(H,27,31)/t23-,24+/m1/s1. The molecule has 2 aromatic carbocycles. The van der Waals surface area contributed by atoms with Crippen LogP contribution in [0.1, 0.15) is 36.0 Å². The van der Waals surface area contributed by atoms with Gasteiger partial charge in [-0.1, -0.05) is 36.4 Å². The van der Waals surface area contributed by atoms with Crippen LogP contribution in [0.25, 0.3) is 0 Å². The van der Waals surface area contributed by atoms with Crippen LogP contribution in [0.5, 0.6) is 0 Å². The van der Waals surface area contributed by atoms with Crippen LogP contribution in [0, 0.1) is 11.7 Å². The van der Waals surface area contributed by atoms with Gasteiger partial charge in [0.1, 0.15) is 5.82 Å². The highest BCUT2D eigenvalue weighted by atomic mass is 19.1. The minimum atomic E-state index is -0.255. The lowest BCUT2D eigenvalue weighted by Gasteiger charge is -2.19. The van der Waals surface area contributed by atoms with Crippen molar-refractivity contribution in [3.63, 3.8) is 0 Å². The maximum absolute atomic E-state index is 13.0. The third-order valence-electron chi connectivity index (χ3n) is 5.86. The highest BCUT2D eigenvalue weighted by molar-refractivity contribution is 5.82. The Balaban J connectivity index is 1.60. The molecule has 0 spiro atoms. The van der Waals surface area contributed by atoms with Gasteiger partial charge in [-0.3, -0.25) is 9.59 Å². The summed E-state index contributed by atoms with van der Waals surface area (Å²) in [5.74, 6) is -0.510. The maximum atomic E-state index is 13.0. The predicted molar refractivity (Wildman–Crippen MR) is 120 cm³/mol. The largest absolute Gasteiger partial charge is 0.356 e. The van der Waals surface area contributed by atoms with Gasteiger partial charge in [0, 0.05) is 39.0 Å². The number of halogens is 1. The second kappa shape index (κ2) is 10.5. The molecule has 1 aliphatic heterocycles. The molecule has 166 valence electrons. The first-order valence-corrected chi connectivity index (χ1v) is 10.8. The van der Waals surface area contributed by atoms with Gasteiger partial charge in [-0.15, -0.1) is 0 Å². The maximum Gasteiger partial charge on any atom is 0.225 e. The van der Waals surface area contributed by atoms with Crippen LogP contribution >= 0.6 is 0 Å². The molecule has 0 bridgehead atoms. The molecule has 1 fully saturated rings. The molecule has 5 nitrogen and oxygen atoms in total. The number of carbonyl (C=O) groups excluding carboxylic acids is 2. The quantitative estimate of drug-likeness (QED) is 0.661. The van der Waals surface area contributed by atoms with E-state index in [9.17, 15) is 14.0 Å². The van der Waals surface area contributed by atoms with Gasteiger partial charge in [-0.2, -0.15) is 0 Å². The Morgan fingerprint density at radius 1 is 1.03 bits per heavy atom. The number of benzene rings is 2. The van der Waals surface area contributed by atoms with Crippen LogP contribution in [0.15, 0.2) is 48.5 Å². The Kier molecular flexibility index (Phi) is 7.80. The van der Waals surface area contributed by atoms with Gasteiger partial charge in [-0.05, 0) is 55.8 Å². The number of hydrogen-bond acceptors (Lipinski definition) is 3. The fourth-order valence-electron chi connectivity index (χ4n) is 4.19. The number of aryl methyl sites for hydroxylation is 1. The van der Waals surface area contributed by atoms with Crippen molar-refractivity contribution in [1.82, 2.24) is 15.1 Å². The van der Waals surface area contributed by atoms with E-state index in [2.05, 4.69) is 34.5 Å². The average Bonchev–Trinajstić information content (AvgIpc) is 3.18. The molecule has 3 rings (SSSR count). The Hall–Kier alpha value is -2.73. The van der Waals surface area contributed by atoms with Crippen molar-refractivity contribution in [3.8, 4) is 0 Å². The highest BCUT2D eigenvalue weighted by Gasteiger charge is 2.39. The van der Waals surface area contributed by atoms with Gasteiger partial charge in [0.25, 0.3) is 0 Å². The molecular formula is C25H32FN3O2. The summed E-state index contributed by atoms with van der Waals surface area (Å²) in [7, 11) is 4.07. The molecule has 2 amide bonds. The lowest BCUT2D eigenvalue weighted by molar-refractivity contribution is -0.128. The first-order valence-electron chi connectivity index (χ1n) is 10.8. The molecule has 1 N–H and O–H groups in total. The Morgan fingerprint density at radius 2 is 1.68 bits per heavy atom. The van der Waals surface area contributed by atoms with E-state index in [4.69, 9.17) is 0 Å². The van der Waals surface area contributed by atoms with Crippen LogP contribution < -0.4 is 5.32 Å². The molecular weight excluding hydrogens is 393 g/mol. The number of hydrogen-bond donors (Lipinski definition) is 1. The normalized spacial score (nSPS) is 18.4. The summed E-state index contributed by atoms with van der Waals surface area (Å²) in [4.78, 5) is 28.8. The van der Waals surface area contributed by atoms with Crippen LogP contribution in [-0.4, -0.2) is 55.3 Å². The van der Waals surface area contributed by atoms with Gasteiger partial charge in [0.05, 0.1) is 5.92 Å². The molecule has 1 heterocycles.